The van der Waals surface area contributed by atoms with Crippen LogP contribution in [-0.2, 0) is 22.4 Å². The van der Waals surface area contributed by atoms with Crippen LogP contribution in [-0.4, -0.2) is 69.4 Å². The van der Waals surface area contributed by atoms with Crippen LogP contribution in [0.2, 0.25) is 0 Å². The Morgan fingerprint density at radius 2 is 1.67 bits per heavy atom. The first-order chi connectivity index (χ1) is 23.9. The average Bonchev–Trinajstić information content (AvgIpc) is 3.75. The number of thiazole rings is 1. The minimum atomic E-state index is -1.27. The zero-order valence-electron chi connectivity index (χ0n) is 27.0. The van der Waals surface area contributed by atoms with Gasteiger partial charge in [0.05, 0.1) is 29.3 Å². The van der Waals surface area contributed by atoms with Crippen LogP contribution in [0.15, 0.2) is 99.9 Å². The first kappa shape index (κ1) is 34.3. The van der Waals surface area contributed by atoms with Crippen LogP contribution in [0.4, 0.5) is 10.5 Å². The number of rotatable bonds is 14. The van der Waals surface area contributed by atoms with E-state index in [-0.39, 0.29) is 12.2 Å². The van der Waals surface area contributed by atoms with Gasteiger partial charge in [0.2, 0.25) is 11.8 Å². The molecule has 3 heterocycles. The molecule has 254 valence electrons. The lowest BCUT2D eigenvalue weighted by molar-refractivity contribution is -0.118. The molecule has 0 spiro atoms. The summed E-state index contributed by atoms with van der Waals surface area (Å²) < 4.78 is 12.2. The molecule has 49 heavy (non-hydrogen) atoms. The second-order valence-corrected chi connectivity index (χ2v) is 13.8. The number of para-hydroxylation sites is 1. The number of carbonyl (C=O) groups is 2. The molecule has 3 aromatic carbocycles. The van der Waals surface area contributed by atoms with Gasteiger partial charge < -0.3 is 30.2 Å². The van der Waals surface area contributed by atoms with Crippen LogP contribution in [0.5, 0.6) is 0 Å². The Balaban J connectivity index is 1.07. The molecular formula is C36H38N6O5S2. The maximum atomic E-state index is 13.9. The first-order valence-corrected chi connectivity index (χ1v) is 18.0. The van der Waals surface area contributed by atoms with E-state index in [0.717, 1.165) is 40.4 Å². The molecule has 3 atom stereocenters. The lowest BCUT2D eigenvalue weighted by Gasteiger charge is -2.31. The number of morpholine rings is 1. The molecule has 2 aromatic heterocycles. The van der Waals surface area contributed by atoms with Crippen molar-refractivity contribution in [1.82, 2.24) is 25.8 Å². The van der Waals surface area contributed by atoms with Gasteiger partial charge in [-0.2, -0.15) is 0 Å². The molecular weight excluding hydrogens is 661 g/mol. The summed E-state index contributed by atoms with van der Waals surface area (Å²) in [7, 11) is 0. The Morgan fingerprint density at radius 1 is 0.980 bits per heavy atom. The molecule has 1 fully saturated rings. The smallest absolute Gasteiger partial charge is 0.405 e. The van der Waals surface area contributed by atoms with Crippen molar-refractivity contribution in [2.24, 2.45) is 0 Å². The van der Waals surface area contributed by atoms with E-state index in [9.17, 15) is 14.7 Å². The monoisotopic (exact) mass is 698 g/mol. The lowest BCUT2D eigenvalue weighted by atomic mass is 9.84. The second kappa shape index (κ2) is 16.7. The Morgan fingerprint density at radius 3 is 2.37 bits per heavy atom. The molecule has 13 heteroatoms. The first-order valence-electron chi connectivity index (χ1n) is 16.1. The van der Waals surface area contributed by atoms with Gasteiger partial charge in [-0.1, -0.05) is 90.6 Å². The van der Waals surface area contributed by atoms with Crippen molar-refractivity contribution < 1.29 is 23.8 Å². The van der Waals surface area contributed by atoms with Crippen molar-refractivity contribution in [1.29, 1.82) is 0 Å². The number of nitrogens with one attached hydrogen (secondary N) is 3. The number of aromatic nitrogens is 3. The Bertz CT molecular complexity index is 1780. The van der Waals surface area contributed by atoms with E-state index in [4.69, 9.17) is 9.15 Å². The number of hydrogen-bond acceptors (Lipinski definition) is 10. The van der Waals surface area contributed by atoms with Crippen LogP contribution in [0.25, 0.3) is 0 Å². The fourth-order valence-corrected chi connectivity index (χ4v) is 7.33. The highest BCUT2D eigenvalue weighted by molar-refractivity contribution is 7.99. The molecule has 4 N–H and O–H groups in total. The second-order valence-electron chi connectivity index (χ2n) is 11.8. The highest BCUT2D eigenvalue weighted by Crippen LogP contribution is 2.30. The van der Waals surface area contributed by atoms with Gasteiger partial charge >= 0.3 is 6.09 Å². The number of nitrogens with zero attached hydrogens (tertiary/aromatic N) is 3. The Labute approximate surface area is 292 Å². The van der Waals surface area contributed by atoms with Crippen molar-refractivity contribution in [3.8, 4) is 0 Å². The van der Waals surface area contributed by atoms with Gasteiger partial charge in [-0.05, 0) is 42.5 Å². The molecule has 0 aliphatic carbocycles. The number of hydrogen-bond donors (Lipinski definition) is 4. The zero-order chi connectivity index (χ0) is 34.0. The number of amides is 2. The Kier molecular flexibility index (Phi) is 11.7. The van der Waals surface area contributed by atoms with Crippen molar-refractivity contribution in [3.63, 3.8) is 0 Å². The van der Waals surface area contributed by atoms with E-state index >= 15 is 0 Å². The third-order valence-corrected chi connectivity index (χ3v) is 9.96. The fourth-order valence-electron chi connectivity index (χ4n) is 5.94. The predicted octanol–water partition coefficient (Wildman–Crippen LogP) is 5.91. The largest absolute Gasteiger partial charge is 0.465 e. The van der Waals surface area contributed by atoms with E-state index in [0.29, 0.717) is 41.9 Å². The van der Waals surface area contributed by atoms with Crippen molar-refractivity contribution >= 4 is 40.8 Å². The quantitative estimate of drug-likeness (QED) is 0.103. The topological polar surface area (TPSA) is 152 Å². The van der Waals surface area contributed by atoms with Crippen LogP contribution in [0.1, 0.15) is 45.6 Å². The third-order valence-electron chi connectivity index (χ3n) is 8.19. The number of carbonyl (C=O) groups excluding carboxylic acids is 1. The molecule has 0 radical (unpaired) electrons. The number of aryl methyl sites for hydroxylation is 2. The normalized spacial score (nSPS) is 16.7. The molecule has 1 saturated heterocycles. The molecule has 1 aliphatic heterocycles. The molecule has 5 aromatic rings. The maximum absolute atomic E-state index is 13.9. The van der Waals surface area contributed by atoms with Gasteiger partial charge in [-0.3, -0.25) is 4.79 Å². The molecule has 1 unspecified atom stereocenters. The highest BCUT2D eigenvalue weighted by Gasteiger charge is 2.33. The molecule has 6 rings (SSSR count). The van der Waals surface area contributed by atoms with E-state index < -0.39 is 24.0 Å². The van der Waals surface area contributed by atoms with Crippen LogP contribution in [0, 0.1) is 6.92 Å². The molecule has 11 nitrogen and oxygen atoms in total. The van der Waals surface area contributed by atoms with E-state index in [2.05, 4.69) is 31.1 Å². The average molecular weight is 699 g/mol. The minimum Gasteiger partial charge on any atom is -0.465 e. The van der Waals surface area contributed by atoms with Crippen molar-refractivity contribution in [2.75, 3.05) is 24.2 Å². The predicted molar refractivity (Wildman–Crippen MR) is 189 cm³/mol. The lowest BCUT2D eigenvalue weighted by Crippen LogP contribution is -2.47. The number of ether oxygens (including phenoxy) is 1. The van der Waals surface area contributed by atoms with Crippen LogP contribution in [0.3, 0.4) is 0 Å². The summed E-state index contributed by atoms with van der Waals surface area (Å²) in [6.45, 7) is 3.41. The zero-order valence-corrected chi connectivity index (χ0v) is 28.6. The fraction of sp³-hybridized carbons (Fsp3) is 0.306. The number of benzene rings is 3. The SMILES string of the molecule is Cc1nc(Cc2nnc(SC[C@@H]3CNC[C@@H](CCc4ccccc4NC(=O)C(NC(=O)O)C(c4ccccc4)c4ccccc4)O3)o2)cs1. The Hall–Kier alpha value is -4.56. The minimum absolute atomic E-state index is 0.0313. The van der Waals surface area contributed by atoms with Crippen LogP contribution < -0.4 is 16.0 Å². The van der Waals surface area contributed by atoms with Crippen LogP contribution >= 0.6 is 23.1 Å². The standard InChI is InChI=1S/C36H38N6O5S2/c1-23-38-27(21-48-23)18-31-41-42-36(47-31)49-22-29-20-37-19-28(46-29)17-16-24-10-8-9-15-30(24)39-34(43)33(40-35(44)45)32(25-11-4-2-5-12-25)26-13-6-3-7-14-26/h2-15,21,28-29,32-33,37,40H,16-20,22H2,1H3,(H,39,43)(H,44,45)/t28-,29+,33?/m1/s1. The summed E-state index contributed by atoms with van der Waals surface area (Å²) >= 11 is 3.07. The van der Waals surface area contributed by atoms with Crippen molar-refractivity contribution in [3.05, 3.63) is 124 Å². The summed E-state index contributed by atoms with van der Waals surface area (Å²) in [6, 6.07) is 25.5. The number of thioether (sulfide) groups is 1. The summed E-state index contributed by atoms with van der Waals surface area (Å²) in [5, 5.41) is 30.7. The van der Waals surface area contributed by atoms with Gasteiger partial charge in [0, 0.05) is 35.8 Å². The summed E-state index contributed by atoms with van der Waals surface area (Å²) in [5.74, 6) is 0.226. The molecule has 0 saturated carbocycles. The van der Waals surface area contributed by atoms with Crippen molar-refractivity contribution in [2.45, 2.75) is 55.6 Å². The van der Waals surface area contributed by atoms with E-state index in [1.54, 1.807) is 11.3 Å². The summed E-state index contributed by atoms with van der Waals surface area (Å²) in [5.41, 5.74) is 4.16. The third kappa shape index (κ3) is 9.54. The van der Waals surface area contributed by atoms with Gasteiger partial charge in [0.25, 0.3) is 5.22 Å². The molecule has 0 bridgehead atoms. The van der Waals surface area contributed by atoms with E-state index in [1.165, 1.54) is 11.8 Å². The molecule has 2 amide bonds. The molecule has 1 aliphatic rings. The van der Waals surface area contributed by atoms with Gasteiger partial charge in [-0.25, -0.2) is 9.78 Å². The number of anilines is 1. The summed E-state index contributed by atoms with van der Waals surface area (Å²) in [6.07, 6.45) is 0.559. The number of carboxylic acid groups (broad SMARTS) is 1. The summed E-state index contributed by atoms with van der Waals surface area (Å²) in [4.78, 5) is 30.4. The van der Waals surface area contributed by atoms with E-state index in [1.807, 2.05) is 97.2 Å². The van der Waals surface area contributed by atoms with Gasteiger partial charge in [-0.15, -0.1) is 21.5 Å². The van der Waals surface area contributed by atoms with Gasteiger partial charge in [0.15, 0.2) is 0 Å². The van der Waals surface area contributed by atoms with Gasteiger partial charge in [0.1, 0.15) is 6.04 Å². The maximum Gasteiger partial charge on any atom is 0.405 e. The highest BCUT2D eigenvalue weighted by atomic mass is 32.2.